The summed E-state index contributed by atoms with van der Waals surface area (Å²) in [6.07, 6.45) is 5.45. The molecule has 0 saturated heterocycles. The zero-order valence-electron chi connectivity index (χ0n) is 18.8. The first-order valence-corrected chi connectivity index (χ1v) is 14.5. The van der Waals surface area contributed by atoms with Gasteiger partial charge in [0.2, 0.25) is 0 Å². The third-order valence-corrected chi connectivity index (χ3v) is 12.9. The van der Waals surface area contributed by atoms with E-state index in [0.29, 0.717) is 0 Å². The van der Waals surface area contributed by atoms with Crippen molar-refractivity contribution >= 4 is 28.5 Å². The number of rotatable bonds is 10. The summed E-state index contributed by atoms with van der Waals surface area (Å²) in [6.45, 7) is 19.5. The van der Waals surface area contributed by atoms with Gasteiger partial charge in [0.15, 0.2) is 0 Å². The van der Waals surface area contributed by atoms with Gasteiger partial charge in [-0.2, -0.15) is 42.3 Å². The molecule has 0 fully saturated rings. The molecule has 0 amide bonds. The van der Waals surface area contributed by atoms with Gasteiger partial charge in [-0.25, -0.2) is 0 Å². The second-order valence-corrected chi connectivity index (χ2v) is 16.6. The van der Waals surface area contributed by atoms with Crippen LogP contribution in [0.3, 0.4) is 0 Å². The van der Waals surface area contributed by atoms with E-state index in [1.807, 2.05) is 24.3 Å². The van der Waals surface area contributed by atoms with Crippen molar-refractivity contribution in [2.75, 3.05) is 12.3 Å². The molecule has 0 bridgehead atoms. The molecule has 0 nitrogen and oxygen atoms in total. The molecule has 4 heteroatoms. The van der Waals surface area contributed by atoms with Crippen LogP contribution < -0.4 is 0 Å². The van der Waals surface area contributed by atoms with Crippen molar-refractivity contribution < 1.29 is 16.8 Å². The summed E-state index contributed by atoms with van der Waals surface area (Å²) in [5.74, 6) is 1.71. The van der Waals surface area contributed by atoms with Crippen molar-refractivity contribution in [3.63, 3.8) is 0 Å². The van der Waals surface area contributed by atoms with Crippen molar-refractivity contribution in [2.45, 2.75) is 90.9 Å². The molecule has 0 saturated carbocycles. The maximum absolute atomic E-state index is 4.69. The number of hydrogen-bond donors (Lipinski definition) is 0. The van der Waals surface area contributed by atoms with Gasteiger partial charge in [-0.15, -0.1) is 0 Å². The minimum absolute atomic E-state index is 0. The van der Waals surface area contributed by atoms with Crippen LogP contribution >= 0.6 is 15.8 Å². The van der Waals surface area contributed by atoms with Crippen LogP contribution in [0.4, 0.5) is 0 Å². The van der Waals surface area contributed by atoms with E-state index < -0.39 is 0 Å². The van der Waals surface area contributed by atoms with Crippen LogP contribution in [-0.2, 0) is 35.8 Å². The van der Waals surface area contributed by atoms with Gasteiger partial charge < -0.3 is 18.4 Å². The predicted molar refractivity (Wildman–Crippen MR) is 132 cm³/mol. The summed E-state index contributed by atoms with van der Waals surface area (Å²) in [5.41, 5.74) is 4.97. The maximum Gasteiger partial charge on any atom is 3.00 e. The number of hydrogen-bond acceptors (Lipinski definition) is 1. The van der Waals surface area contributed by atoms with Gasteiger partial charge in [0.25, 0.3) is 0 Å². The third kappa shape index (κ3) is 14.5. The molecule has 158 valence electrons. The summed E-state index contributed by atoms with van der Waals surface area (Å²) >= 11 is 4.69. The standard InChI is InChI=1S/C15H34P2.C8H7S.Co/c1-12(2)16(13(3)4)10-9-11-17(14(5)6)15(7)8;9-7-6-8-4-2-1-3-5-8;/h12-15H,9-11H2,1-8H3;1-4,7H,6H2;/q;-3;+3/p+2. The van der Waals surface area contributed by atoms with Gasteiger partial charge in [0.1, 0.15) is 0 Å². The van der Waals surface area contributed by atoms with Crippen LogP contribution in [0, 0.1) is 11.8 Å². The van der Waals surface area contributed by atoms with E-state index in [4.69, 9.17) is 0 Å². The van der Waals surface area contributed by atoms with Crippen LogP contribution in [0.5, 0.6) is 0 Å². The van der Waals surface area contributed by atoms with Crippen LogP contribution in [-0.4, -0.2) is 35.0 Å². The van der Waals surface area contributed by atoms with Gasteiger partial charge in [-0.3, -0.25) is 0 Å². The maximum atomic E-state index is 4.69. The average molecular weight is 473 g/mol. The predicted octanol–water partition coefficient (Wildman–Crippen LogP) is 7.17. The monoisotopic (exact) mass is 472 g/mol. The average Bonchev–Trinajstić information content (AvgIpc) is 2.55. The topological polar surface area (TPSA) is 0 Å². The summed E-state index contributed by atoms with van der Waals surface area (Å²) in [4.78, 5) is 0. The first kappa shape index (κ1) is 30.1. The summed E-state index contributed by atoms with van der Waals surface area (Å²) < 4.78 is 0. The van der Waals surface area contributed by atoms with Crippen LogP contribution in [0.25, 0.3) is 0 Å². The molecule has 0 unspecified atom stereocenters. The minimum Gasteiger partial charge on any atom is -1.01 e. The SMILES string of the molecule is CC(C)[PH+](CCC[PH+](C(C)C)C(C)C)C(C)C.[Co+3].[S-][CH-]Cc1[c-]cccc1. The molecule has 0 spiro atoms. The molecule has 0 aliphatic rings. The van der Waals surface area contributed by atoms with E-state index in [2.05, 4.69) is 74.1 Å². The molecule has 0 aromatic heterocycles. The fraction of sp³-hybridized carbons (Fsp3) is 0.696. The van der Waals surface area contributed by atoms with Crippen LogP contribution in [0.15, 0.2) is 24.3 Å². The van der Waals surface area contributed by atoms with Crippen LogP contribution in [0.2, 0.25) is 0 Å². The zero-order chi connectivity index (χ0) is 20.1. The van der Waals surface area contributed by atoms with Crippen molar-refractivity contribution in [3.8, 4) is 0 Å². The summed E-state index contributed by atoms with van der Waals surface area (Å²) in [7, 11) is -0.217. The molecule has 0 radical (unpaired) electrons. The zero-order valence-corrected chi connectivity index (χ0v) is 22.6. The Labute approximate surface area is 189 Å². The quantitative estimate of drug-likeness (QED) is 0.198. The minimum atomic E-state index is -0.109. The molecule has 1 aromatic rings. The molecule has 0 aliphatic heterocycles. The Hall–Kier alpha value is 0.936. The largest absolute Gasteiger partial charge is 3.00 e. The van der Waals surface area contributed by atoms with Crippen molar-refractivity contribution in [3.05, 3.63) is 41.6 Å². The van der Waals surface area contributed by atoms with Crippen LogP contribution in [0.1, 0.15) is 67.4 Å². The van der Waals surface area contributed by atoms with Gasteiger partial charge in [-0.05, 0) is 55.4 Å². The molecule has 1 aromatic carbocycles. The van der Waals surface area contributed by atoms with Gasteiger partial charge in [0, 0.05) is 22.3 Å². The van der Waals surface area contributed by atoms with E-state index in [0.717, 1.165) is 34.6 Å². The normalized spacial score (nSPS) is 11.4. The van der Waals surface area contributed by atoms with Gasteiger partial charge in [0.05, 0.1) is 35.0 Å². The molecule has 1 rings (SSSR count). The molecule has 0 atom stereocenters. The van der Waals surface area contributed by atoms with E-state index in [1.165, 1.54) is 6.42 Å². The van der Waals surface area contributed by atoms with Crippen molar-refractivity contribution in [2.24, 2.45) is 0 Å². The van der Waals surface area contributed by atoms with Crippen molar-refractivity contribution in [1.82, 2.24) is 0 Å². The molecular formula is C23H43CoP2S+2. The Morgan fingerprint density at radius 3 is 1.59 bits per heavy atom. The Morgan fingerprint density at radius 2 is 1.30 bits per heavy atom. The molecule has 0 aliphatic carbocycles. The molecule has 27 heavy (non-hydrogen) atoms. The molecular weight excluding hydrogens is 429 g/mol. The molecule has 0 N–H and O–H groups in total. The van der Waals surface area contributed by atoms with E-state index in [-0.39, 0.29) is 32.6 Å². The number of benzene rings is 1. The summed E-state index contributed by atoms with van der Waals surface area (Å²) in [6, 6.07) is 10.9. The van der Waals surface area contributed by atoms with E-state index >= 15 is 0 Å². The van der Waals surface area contributed by atoms with Gasteiger partial charge in [-0.1, -0.05) is 0 Å². The second kappa shape index (κ2) is 17.8. The first-order valence-electron chi connectivity index (χ1n) is 10.3. The van der Waals surface area contributed by atoms with E-state index in [9.17, 15) is 0 Å². The van der Waals surface area contributed by atoms with Crippen molar-refractivity contribution in [1.29, 1.82) is 0 Å². The molecule has 0 heterocycles. The Bertz CT molecular complexity index is 399. The van der Waals surface area contributed by atoms with Gasteiger partial charge >= 0.3 is 16.8 Å². The smallest absolute Gasteiger partial charge is 1.01 e. The second-order valence-electron chi connectivity index (χ2n) is 8.38. The Morgan fingerprint density at radius 1 is 0.852 bits per heavy atom. The van der Waals surface area contributed by atoms with E-state index in [1.54, 1.807) is 18.1 Å². The summed E-state index contributed by atoms with van der Waals surface area (Å²) in [5, 5.41) is 0. The Kier molecular flexibility index (Phi) is 19.8. The Balaban J connectivity index is 0. The third-order valence-electron chi connectivity index (χ3n) is 4.97. The fourth-order valence-corrected chi connectivity index (χ4v) is 10.3. The fourth-order valence-electron chi connectivity index (χ4n) is 3.63. The first-order chi connectivity index (χ1) is 12.2.